The molecule has 21 heavy (non-hydrogen) atoms. The van der Waals surface area contributed by atoms with Crippen LogP contribution in [0.3, 0.4) is 0 Å². The van der Waals surface area contributed by atoms with Crippen LogP contribution in [-0.4, -0.2) is 27.2 Å². The molecule has 0 bridgehead atoms. The standard InChI is InChI=1S/C14H14N4O3/c1-14(2,20-3)13-17-12(21-18-13)8-5-4-6-9-10(8)11(19)16-7-15-9/h4-7H,1-3H3,(H,15,16,19). The first kappa shape index (κ1) is 13.4. The summed E-state index contributed by atoms with van der Waals surface area (Å²) in [4.78, 5) is 23.0. The summed E-state index contributed by atoms with van der Waals surface area (Å²) in [5.41, 5.74) is 0.202. The van der Waals surface area contributed by atoms with Crippen LogP contribution in [-0.2, 0) is 10.3 Å². The first-order chi connectivity index (χ1) is 10.0. The maximum atomic E-state index is 12.0. The molecule has 108 valence electrons. The van der Waals surface area contributed by atoms with Gasteiger partial charge in [0.25, 0.3) is 11.4 Å². The van der Waals surface area contributed by atoms with Crippen LogP contribution in [0.15, 0.2) is 33.8 Å². The number of H-pyrrole nitrogens is 1. The predicted molar refractivity (Wildman–Crippen MR) is 75.7 cm³/mol. The summed E-state index contributed by atoms with van der Waals surface area (Å²) in [6, 6.07) is 5.29. The number of fused-ring (bicyclic) bond motifs is 1. The molecule has 1 N–H and O–H groups in total. The van der Waals surface area contributed by atoms with Crippen molar-refractivity contribution >= 4 is 10.9 Å². The largest absolute Gasteiger partial charge is 0.371 e. The minimum absolute atomic E-state index is 0.249. The Hall–Kier alpha value is -2.54. The molecular weight excluding hydrogens is 272 g/mol. The molecule has 0 fully saturated rings. The van der Waals surface area contributed by atoms with Gasteiger partial charge in [0.1, 0.15) is 5.60 Å². The lowest BCUT2D eigenvalue weighted by Gasteiger charge is -2.17. The van der Waals surface area contributed by atoms with Gasteiger partial charge in [-0.25, -0.2) is 4.98 Å². The number of nitrogens with one attached hydrogen (secondary N) is 1. The molecule has 0 unspecified atom stereocenters. The molecule has 3 rings (SSSR count). The first-order valence-electron chi connectivity index (χ1n) is 6.39. The topological polar surface area (TPSA) is 93.9 Å². The van der Waals surface area contributed by atoms with Gasteiger partial charge in [0.15, 0.2) is 0 Å². The number of benzene rings is 1. The zero-order chi connectivity index (χ0) is 15.0. The van der Waals surface area contributed by atoms with Crippen LogP contribution in [0.5, 0.6) is 0 Å². The fraction of sp³-hybridized carbons (Fsp3) is 0.286. The molecule has 2 aromatic heterocycles. The van der Waals surface area contributed by atoms with E-state index in [1.165, 1.54) is 6.33 Å². The Morgan fingerprint density at radius 3 is 2.90 bits per heavy atom. The van der Waals surface area contributed by atoms with Gasteiger partial charge in [-0.1, -0.05) is 11.2 Å². The lowest BCUT2D eigenvalue weighted by molar-refractivity contribution is 0.00973. The Balaban J connectivity index is 2.20. The molecule has 0 amide bonds. The van der Waals surface area contributed by atoms with Crippen LogP contribution in [0, 0.1) is 0 Å². The van der Waals surface area contributed by atoms with Crippen molar-refractivity contribution in [2.75, 3.05) is 7.11 Å². The Morgan fingerprint density at radius 2 is 2.14 bits per heavy atom. The van der Waals surface area contributed by atoms with Crippen molar-refractivity contribution in [1.82, 2.24) is 20.1 Å². The number of rotatable bonds is 3. The molecule has 0 radical (unpaired) electrons. The lowest BCUT2D eigenvalue weighted by Crippen LogP contribution is -2.21. The van der Waals surface area contributed by atoms with Crippen LogP contribution >= 0.6 is 0 Å². The zero-order valence-corrected chi connectivity index (χ0v) is 11.9. The molecule has 0 aliphatic heterocycles. The van der Waals surface area contributed by atoms with Crippen LogP contribution in [0.1, 0.15) is 19.7 Å². The summed E-state index contributed by atoms with van der Waals surface area (Å²) in [6.45, 7) is 3.66. The van der Waals surface area contributed by atoms with Gasteiger partial charge in [-0.05, 0) is 26.0 Å². The second-order valence-electron chi connectivity index (χ2n) is 5.07. The molecule has 0 saturated heterocycles. The minimum Gasteiger partial charge on any atom is -0.371 e. The Kier molecular flexibility index (Phi) is 3.06. The van der Waals surface area contributed by atoms with Crippen molar-refractivity contribution in [3.05, 3.63) is 40.7 Å². The summed E-state index contributed by atoms with van der Waals surface area (Å²) < 4.78 is 10.6. The third kappa shape index (κ3) is 2.21. The van der Waals surface area contributed by atoms with Crippen molar-refractivity contribution in [2.24, 2.45) is 0 Å². The molecule has 0 aliphatic carbocycles. The van der Waals surface area contributed by atoms with E-state index in [1.54, 1.807) is 25.3 Å². The maximum absolute atomic E-state index is 12.0. The van der Waals surface area contributed by atoms with Crippen LogP contribution < -0.4 is 5.56 Å². The van der Waals surface area contributed by atoms with E-state index in [0.717, 1.165) is 0 Å². The Morgan fingerprint density at radius 1 is 1.33 bits per heavy atom. The van der Waals surface area contributed by atoms with Crippen LogP contribution in [0.4, 0.5) is 0 Å². The molecule has 0 saturated carbocycles. The fourth-order valence-electron chi connectivity index (χ4n) is 1.97. The molecule has 0 aliphatic rings. The van der Waals surface area contributed by atoms with E-state index in [-0.39, 0.29) is 11.4 Å². The van der Waals surface area contributed by atoms with Gasteiger partial charge in [-0.2, -0.15) is 4.98 Å². The van der Waals surface area contributed by atoms with Gasteiger partial charge in [-0.15, -0.1) is 0 Å². The number of aromatic amines is 1. The van der Waals surface area contributed by atoms with E-state index in [0.29, 0.717) is 22.3 Å². The highest BCUT2D eigenvalue weighted by molar-refractivity contribution is 5.91. The third-order valence-electron chi connectivity index (χ3n) is 3.37. The van der Waals surface area contributed by atoms with Crippen molar-refractivity contribution in [3.63, 3.8) is 0 Å². The summed E-state index contributed by atoms with van der Waals surface area (Å²) in [6.07, 6.45) is 1.36. The van der Waals surface area contributed by atoms with Gasteiger partial charge in [0, 0.05) is 7.11 Å². The van der Waals surface area contributed by atoms with Crippen LogP contribution in [0.25, 0.3) is 22.4 Å². The van der Waals surface area contributed by atoms with Gasteiger partial charge in [0.05, 0.1) is 22.8 Å². The summed E-state index contributed by atoms with van der Waals surface area (Å²) in [5.74, 6) is 0.677. The SMILES string of the molecule is COC(C)(C)c1noc(-c2cccc3nc[nH]c(=O)c23)n1. The van der Waals surface area contributed by atoms with Crippen molar-refractivity contribution < 1.29 is 9.26 Å². The van der Waals surface area contributed by atoms with E-state index >= 15 is 0 Å². The van der Waals surface area contributed by atoms with Crippen LogP contribution in [0.2, 0.25) is 0 Å². The number of hydrogen-bond donors (Lipinski definition) is 1. The molecular formula is C14H14N4O3. The van der Waals surface area contributed by atoms with Gasteiger partial charge >= 0.3 is 0 Å². The Bertz CT molecular complexity index is 845. The molecule has 1 aromatic carbocycles. The number of methoxy groups -OCH3 is 1. The smallest absolute Gasteiger partial charge is 0.259 e. The molecule has 0 spiro atoms. The highest BCUT2D eigenvalue weighted by Gasteiger charge is 2.27. The van der Waals surface area contributed by atoms with E-state index in [9.17, 15) is 4.79 Å². The number of hydrogen-bond acceptors (Lipinski definition) is 6. The molecule has 7 heteroatoms. The zero-order valence-electron chi connectivity index (χ0n) is 11.9. The third-order valence-corrected chi connectivity index (χ3v) is 3.37. The maximum Gasteiger partial charge on any atom is 0.259 e. The van der Waals surface area contributed by atoms with Crippen molar-refractivity contribution in [3.8, 4) is 11.5 Å². The number of aromatic nitrogens is 4. The van der Waals surface area contributed by atoms with E-state index in [4.69, 9.17) is 9.26 Å². The van der Waals surface area contributed by atoms with E-state index < -0.39 is 5.60 Å². The van der Waals surface area contributed by atoms with Gasteiger partial charge in [0.2, 0.25) is 5.82 Å². The monoisotopic (exact) mass is 286 g/mol. The summed E-state index contributed by atoms with van der Waals surface area (Å²) in [5, 5.41) is 4.35. The normalized spacial score (nSPS) is 12.0. The predicted octanol–water partition coefficient (Wildman–Crippen LogP) is 1.85. The molecule has 7 nitrogen and oxygen atoms in total. The highest BCUT2D eigenvalue weighted by Crippen LogP contribution is 2.27. The minimum atomic E-state index is -0.670. The quantitative estimate of drug-likeness (QED) is 0.789. The Labute approximate surface area is 120 Å². The fourth-order valence-corrected chi connectivity index (χ4v) is 1.97. The number of ether oxygens (including phenoxy) is 1. The highest BCUT2D eigenvalue weighted by atomic mass is 16.5. The second-order valence-corrected chi connectivity index (χ2v) is 5.07. The van der Waals surface area contributed by atoms with Crippen molar-refractivity contribution in [2.45, 2.75) is 19.4 Å². The second kappa shape index (κ2) is 4.78. The average Bonchev–Trinajstić information content (AvgIpc) is 2.97. The number of nitrogens with zero attached hydrogens (tertiary/aromatic N) is 3. The van der Waals surface area contributed by atoms with Gasteiger partial charge in [-0.3, -0.25) is 4.79 Å². The van der Waals surface area contributed by atoms with E-state index in [1.807, 2.05) is 13.8 Å². The lowest BCUT2D eigenvalue weighted by atomic mass is 10.1. The first-order valence-corrected chi connectivity index (χ1v) is 6.39. The summed E-state index contributed by atoms with van der Waals surface area (Å²) in [7, 11) is 1.57. The molecule has 2 heterocycles. The van der Waals surface area contributed by atoms with Gasteiger partial charge < -0.3 is 14.2 Å². The van der Waals surface area contributed by atoms with E-state index in [2.05, 4.69) is 20.1 Å². The van der Waals surface area contributed by atoms with Crippen molar-refractivity contribution in [1.29, 1.82) is 0 Å². The summed E-state index contributed by atoms with van der Waals surface area (Å²) >= 11 is 0. The molecule has 3 aromatic rings. The molecule has 0 atom stereocenters. The average molecular weight is 286 g/mol.